The molecule has 6 nitrogen and oxygen atoms in total. The lowest BCUT2D eigenvalue weighted by molar-refractivity contribution is 0.728. The molecule has 0 aliphatic heterocycles. The van der Waals surface area contributed by atoms with Crippen LogP contribution >= 0.6 is 0 Å². The van der Waals surface area contributed by atoms with E-state index in [1.54, 1.807) is 6.33 Å². The van der Waals surface area contributed by atoms with Gasteiger partial charge in [0.2, 0.25) is 0 Å². The van der Waals surface area contributed by atoms with Gasteiger partial charge in [0.25, 0.3) is 0 Å². The number of aryl methyl sites for hydroxylation is 1. The van der Waals surface area contributed by atoms with Crippen LogP contribution in [0.2, 0.25) is 0 Å². The van der Waals surface area contributed by atoms with Gasteiger partial charge in [0.1, 0.15) is 18.0 Å². The third-order valence-corrected chi connectivity index (χ3v) is 3.10. The topological polar surface area (TPSA) is 68.5 Å². The molecule has 2 heterocycles. The second-order valence-corrected chi connectivity index (χ2v) is 5.56. The Morgan fingerprint density at radius 1 is 1.15 bits per heavy atom. The molecule has 0 bridgehead atoms. The summed E-state index contributed by atoms with van der Waals surface area (Å²) in [6.45, 7) is 9.08. The highest BCUT2D eigenvalue weighted by atomic mass is 15.3. The van der Waals surface area contributed by atoms with Gasteiger partial charge in [-0.3, -0.25) is 0 Å². The van der Waals surface area contributed by atoms with E-state index >= 15 is 0 Å². The van der Waals surface area contributed by atoms with Crippen LogP contribution in [0.1, 0.15) is 56.9 Å². The van der Waals surface area contributed by atoms with Crippen molar-refractivity contribution >= 4 is 5.82 Å². The van der Waals surface area contributed by atoms with Gasteiger partial charge in [0.05, 0.1) is 6.54 Å². The van der Waals surface area contributed by atoms with Crippen LogP contribution in [0.4, 0.5) is 5.82 Å². The highest BCUT2D eigenvalue weighted by Gasteiger charge is 2.11. The number of hydrogen-bond donors (Lipinski definition) is 1. The maximum absolute atomic E-state index is 4.61. The molecule has 6 heteroatoms. The highest BCUT2D eigenvalue weighted by molar-refractivity contribution is 5.37. The fourth-order valence-corrected chi connectivity index (χ4v) is 1.77. The average Bonchev–Trinajstić information content (AvgIpc) is 2.81. The Morgan fingerprint density at radius 3 is 2.45 bits per heavy atom. The monoisotopic (exact) mass is 274 g/mol. The van der Waals surface area contributed by atoms with E-state index < -0.39 is 0 Å². The summed E-state index contributed by atoms with van der Waals surface area (Å²) in [6.07, 6.45) is 1.69. The van der Waals surface area contributed by atoms with Crippen molar-refractivity contribution in [3.8, 4) is 0 Å². The summed E-state index contributed by atoms with van der Waals surface area (Å²) in [5.41, 5.74) is 1.06. The molecule has 1 N–H and O–H groups in total. The normalized spacial score (nSPS) is 11.3. The van der Waals surface area contributed by atoms with Crippen molar-refractivity contribution in [1.82, 2.24) is 24.7 Å². The minimum Gasteiger partial charge on any atom is -0.363 e. The molecule has 0 atom stereocenters. The minimum absolute atomic E-state index is 0.309. The summed E-state index contributed by atoms with van der Waals surface area (Å²) in [5.74, 6) is 3.28. The lowest BCUT2D eigenvalue weighted by Crippen LogP contribution is -2.10. The first-order chi connectivity index (χ1) is 9.47. The zero-order valence-corrected chi connectivity index (χ0v) is 12.8. The Labute approximate surface area is 119 Å². The summed E-state index contributed by atoms with van der Waals surface area (Å²) >= 11 is 0. The standard InChI is InChI=1S/C14H22N6/c1-9(2)11-6-12(18-14(17-11)10(3)4)15-7-13-19-16-8-20(13)5/h6,8-10H,7H2,1-5H3,(H,15,17,18). The molecule has 0 spiro atoms. The Morgan fingerprint density at radius 2 is 1.90 bits per heavy atom. The van der Waals surface area contributed by atoms with Crippen LogP contribution in [-0.2, 0) is 13.6 Å². The third kappa shape index (κ3) is 3.31. The van der Waals surface area contributed by atoms with E-state index in [1.807, 2.05) is 17.7 Å². The number of aromatic nitrogens is 5. The second kappa shape index (κ2) is 5.98. The van der Waals surface area contributed by atoms with E-state index in [2.05, 4.69) is 53.2 Å². The third-order valence-electron chi connectivity index (χ3n) is 3.10. The molecule has 0 aliphatic carbocycles. The largest absolute Gasteiger partial charge is 0.363 e. The lowest BCUT2D eigenvalue weighted by Gasteiger charge is -2.13. The van der Waals surface area contributed by atoms with Gasteiger partial charge in [-0.25, -0.2) is 9.97 Å². The smallest absolute Gasteiger partial charge is 0.151 e. The molecule has 0 fully saturated rings. The molecule has 0 radical (unpaired) electrons. The number of nitrogens with zero attached hydrogens (tertiary/aromatic N) is 5. The zero-order valence-electron chi connectivity index (χ0n) is 12.8. The summed E-state index contributed by atoms with van der Waals surface area (Å²) < 4.78 is 1.89. The molecule has 0 saturated heterocycles. The molecule has 2 aromatic heterocycles. The maximum Gasteiger partial charge on any atom is 0.151 e. The van der Waals surface area contributed by atoms with E-state index in [0.717, 1.165) is 23.2 Å². The second-order valence-electron chi connectivity index (χ2n) is 5.56. The number of nitrogens with one attached hydrogen (secondary N) is 1. The molecule has 2 rings (SSSR count). The van der Waals surface area contributed by atoms with Crippen LogP contribution in [0, 0.1) is 0 Å². The lowest BCUT2D eigenvalue weighted by atomic mass is 10.1. The molecule has 0 saturated carbocycles. The van der Waals surface area contributed by atoms with Gasteiger partial charge in [0, 0.05) is 24.7 Å². The van der Waals surface area contributed by atoms with E-state index in [4.69, 9.17) is 0 Å². The van der Waals surface area contributed by atoms with Crippen LogP contribution in [0.15, 0.2) is 12.4 Å². The molecule has 0 aliphatic rings. The number of rotatable bonds is 5. The van der Waals surface area contributed by atoms with Crippen LogP contribution in [-0.4, -0.2) is 24.7 Å². The molecule has 2 aromatic rings. The average molecular weight is 274 g/mol. The first-order valence-corrected chi connectivity index (χ1v) is 6.93. The van der Waals surface area contributed by atoms with Crippen molar-refractivity contribution in [3.63, 3.8) is 0 Å². The Hall–Kier alpha value is -1.98. The molecular weight excluding hydrogens is 252 g/mol. The van der Waals surface area contributed by atoms with Gasteiger partial charge in [-0.1, -0.05) is 27.7 Å². The zero-order chi connectivity index (χ0) is 14.7. The SMILES string of the molecule is CC(C)c1cc(NCc2nncn2C)nc(C(C)C)n1. The first-order valence-electron chi connectivity index (χ1n) is 6.93. The van der Waals surface area contributed by atoms with Gasteiger partial charge < -0.3 is 9.88 Å². The molecule has 0 unspecified atom stereocenters. The van der Waals surface area contributed by atoms with Gasteiger partial charge >= 0.3 is 0 Å². The van der Waals surface area contributed by atoms with E-state index in [1.165, 1.54) is 0 Å². The molecule has 20 heavy (non-hydrogen) atoms. The fourth-order valence-electron chi connectivity index (χ4n) is 1.77. The van der Waals surface area contributed by atoms with Crippen molar-refractivity contribution in [2.75, 3.05) is 5.32 Å². The predicted molar refractivity (Wildman–Crippen MR) is 78.5 cm³/mol. The van der Waals surface area contributed by atoms with Crippen molar-refractivity contribution < 1.29 is 0 Å². The van der Waals surface area contributed by atoms with Crippen molar-refractivity contribution in [1.29, 1.82) is 0 Å². The van der Waals surface area contributed by atoms with Crippen LogP contribution in [0.25, 0.3) is 0 Å². The van der Waals surface area contributed by atoms with Crippen molar-refractivity contribution in [2.24, 2.45) is 7.05 Å². The molecule has 0 aromatic carbocycles. The fraction of sp³-hybridized carbons (Fsp3) is 0.571. The van der Waals surface area contributed by atoms with Crippen molar-refractivity contribution in [2.45, 2.75) is 46.1 Å². The molecule has 0 amide bonds. The predicted octanol–water partition coefficient (Wildman–Crippen LogP) is 2.46. The minimum atomic E-state index is 0.309. The van der Waals surface area contributed by atoms with Gasteiger partial charge in [0.15, 0.2) is 5.82 Å². The van der Waals surface area contributed by atoms with E-state index in [9.17, 15) is 0 Å². The van der Waals surface area contributed by atoms with E-state index in [-0.39, 0.29) is 0 Å². The number of hydrogen-bond acceptors (Lipinski definition) is 5. The highest BCUT2D eigenvalue weighted by Crippen LogP contribution is 2.19. The summed E-state index contributed by atoms with van der Waals surface area (Å²) in [7, 11) is 1.93. The van der Waals surface area contributed by atoms with Crippen LogP contribution in [0.3, 0.4) is 0 Å². The number of anilines is 1. The van der Waals surface area contributed by atoms with Crippen LogP contribution < -0.4 is 5.32 Å². The molecule has 108 valence electrons. The maximum atomic E-state index is 4.61. The first kappa shape index (κ1) is 14.4. The summed E-state index contributed by atoms with van der Waals surface area (Å²) in [4.78, 5) is 9.18. The molecular formula is C14H22N6. The Balaban J connectivity index is 2.20. The Kier molecular flexibility index (Phi) is 4.32. The summed E-state index contributed by atoms with van der Waals surface area (Å²) in [6, 6.07) is 2.01. The van der Waals surface area contributed by atoms with Gasteiger partial charge in [-0.15, -0.1) is 10.2 Å². The Bertz CT molecular complexity index is 547. The van der Waals surface area contributed by atoms with E-state index in [0.29, 0.717) is 18.4 Å². The summed E-state index contributed by atoms with van der Waals surface area (Å²) in [5, 5.41) is 11.2. The van der Waals surface area contributed by atoms with Crippen molar-refractivity contribution in [3.05, 3.63) is 29.7 Å². The van der Waals surface area contributed by atoms with Crippen LogP contribution in [0.5, 0.6) is 0 Å². The quantitative estimate of drug-likeness (QED) is 0.907. The van der Waals surface area contributed by atoms with Gasteiger partial charge in [-0.2, -0.15) is 0 Å². The van der Waals surface area contributed by atoms with Gasteiger partial charge in [-0.05, 0) is 5.92 Å².